The van der Waals surface area contributed by atoms with E-state index in [2.05, 4.69) is 27.6 Å². The summed E-state index contributed by atoms with van der Waals surface area (Å²) < 4.78 is 10.3. The zero-order chi connectivity index (χ0) is 14.8. The highest BCUT2D eigenvalue weighted by atomic mass is 35.5. The molecule has 0 aliphatic carbocycles. The summed E-state index contributed by atoms with van der Waals surface area (Å²) in [5, 5.41) is 0.632. The van der Waals surface area contributed by atoms with Gasteiger partial charge in [0, 0.05) is 24.1 Å². The molecular formula is C16H17ClN2OS. The molecule has 0 saturated heterocycles. The van der Waals surface area contributed by atoms with E-state index in [0.717, 1.165) is 35.0 Å². The summed E-state index contributed by atoms with van der Waals surface area (Å²) in [7, 11) is 0. The number of amidine groups is 1. The number of nitrogens with zero attached hydrogens (tertiary/aromatic N) is 2. The van der Waals surface area contributed by atoms with Crippen LogP contribution in [0, 0.1) is 0 Å². The number of rotatable bonds is 3. The fraction of sp³-hybridized carbons (Fsp3) is 0.312. The Morgan fingerprint density at radius 3 is 3.00 bits per heavy atom. The summed E-state index contributed by atoms with van der Waals surface area (Å²) in [6.07, 6.45) is 6.31. The highest BCUT2D eigenvalue weighted by Gasteiger charge is 2.21. The Kier molecular flexibility index (Phi) is 4.27. The number of ether oxygens (including phenoxy) is 1. The van der Waals surface area contributed by atoms with E-state index in [1.807, 2.05) is 32.0 Å². The number of benzene rings is 1. The number of allylic oxidation sites excluding steroid dienone is 2. The van der Waals surface area contributed by atoms with Crippen molar-refractivity contribution in [3.8, 4) is 5.75 Å². The number of fused-ring (bicyclic) bond motifs is 1. The van der Waals surface area contributed by atoms with Crippen molar-refractivity contribution in [2.45, 2.75) is 20.0 Å². The number of halogens is 1. The SMILES string of the molecule is CC(C)Oc1ccc(C2=CC=CN3CCSN=C23)cc1Cl. The molecule has 21 heavy (non-hydrogen) atoms. The third-order valence-electron chi connectivity index (χ3n) is 3.22. The van der Waals surface area contributed by atoms with Crippen LogP contribution in [0.4, 0.5) is 0 Å². The van der Waals surface area contributed by atoms with Crippen LogP contribution < -0.4 is 4.74 Å². The molecule has 0 atom stereocenters. The van der Waals surface area contributed by atoms with Crippen LogP contribution in [-0.2, 0) is 0 Å². The normalized spacial score (nSPS) is 17.4. The van der Waals surface area contributed by atoms with Gasteiger partial charge in [0.2, 0.25) is 0 Å². The van der Waals surface area contributed by atoms with E-state index >= 15 is 0 Å². The Bertz CT molecular complexity index is 637. The average Bonchev–Trinajstić information content (AvgIpc) is 2.48. The maximum atomic E-state index is 6.34. The van der Waals surface area contributed by atoms with Crippen molar-refractivity contribution in [2.75, 3.05) is 12.3 Å². The maximum Gasteiger partial charge on any atom is 0.148 e. The summed E-state index contributed by atoms with van der Waals surface area (Å²) in [4.78, 5) is 2.18. The van der Waals surface area contributed by atoms with Gasteiger partial charge in [0.05, 0.1) is 11.1 Å². The molecule has 1 aromatic carbocycles. The smallest absolute Gasteiger partial charge is 0.148 e. The summed E-state index contributed by atoms with van der Waals surface area (Å²) in [6, 6.07) is 5.91. The first-order chi connectivity index (χ1) is 10.1. The van der Waals surface area contributed by atoms with Crippen molar-refractivity contribution in [1.82, 2.24) is 4.90 Å². The van der Waals surface area contributed by atoms with Crippen LogP contribution in [0.2, 0.25) is 5.02 Å². The summed E-state index contributed by atoms with van der Waals surface area (Å²) in [5.41, 5.74) is 2.16. The molecular weight excluding hydrogens is 304 g/mol. The van der Waals surface area contributed by atoms with Gasteiger partial charge in [0.1, 0.15) is 11.6 Å². The topological polar surface area (TPSA) is 24.8 Å². The second-order valence-electron chi connectivity index (χ2n) is 5.18. The van der Waals surface area contributed by atoms with E-state index in [9.17, 15) is 0 Å². The Hall–Kier alpha value is -1.39. The second kappa shape index (κ2) is 6.16. The van der Waals surface area contributed by atoms with Gasteiger partial charge in [-0.15, -0.1) is 0 Å². The van der Waals surface area contributed by atoms with E-state index in [4.69, 9.17) is 16.3 Å². The third-order valence-corrected chi connectivity index (χ3v) is 4.18. The quantitative estimate of drug-likeness (QED) is 0.772. The second-order valence-corrected chi connectivity index (χ2v) is 6.43. The Balaban J connectivity index is 1.93. The first-order valence-corrected chi connectivity index (χ1v) is 8.29. The Labute approximate surface area is 134 Å². The van der Waals surface area contributed by atoms with Gasteiger partial charge in [0.15, 0.2) is 0 Å². The van der Waals surface area contributed by atoms with Gasteiger partial charge in [0.25, 0.3) is 0 Å². The molecule has 0 N–H and O–H groups in total. The van der Waals surface area contributed by atoms with E-state index in [0.29, 0.717) is 5.02 Å². The highest BCUT2D eigenvalue weighted by molar-refractivity contribution is 7.98. The molecule has 2 heterocycles. The van der Waals surface area contributed by atoms with Crippen molar-refractivity contribution in [3.05, 3.63) is 47.1 Å². The lowest BCUT2D eigenvalue weighted by molar-refractivity contribution is 0.242. The standard InChI is InChI=1S/C16H17ClN2OS/c1-11(2)20-15-6-5-12(10-14(15)17)13-4-3-7-19-8-9-21-18-16(13)19/h3-7,10-11H,8-9H2,1-2H3. The lowest BCUT2D eigenvalue weighted by atomic mass is 10.0. The van der Waals surface area contributed by atoms with Gasteiger partial charge in [-0.3, -0.25) is 0 Å². The van der Waals surface area contributed by atoms with Gasteiger partial charge in [-0.2, -0.15) is 4.40 Å². The maximum absolute atomic E-state index is 6.34. The highest BCUT2D eigenvalue weighted by Crippen LogP contribution is 2.32. The Morgan fingerprint density at radius 1 is 1.38 bits per heavy atom. The fourth-order valence-electron chi connectivity index (χ4n) is 2.31. The first kappa shape index (κ1) is 14.5. The molecule has 3 rings (SSSR count). The summed E-state index contributed by atoms with van der Waals surface area (Å²) >= 11 is 7.95. The molecule has 0 amide bonds. The average molecular weight is 321 g/mol. The van der Waals surface area contributed by atoms with Crippen LogP contribution in [0.3, 0.4) is 0 Å². The molecule has 0 bridgehead atoms. The third kappa shape index (κ3) is 3.11. The van der Waals surface area contributed by atoms with Gasteiger partial charge < -0.3 is 9.64 Å². The first-order valence-electron chi connectivity index (χ1n) is 6.97. The van der Waals surface area contributed by atoms with Crippen LogP contribution in [0.1, 0.15) is 19.4 Å². The Morgan fingerprint density at radius 2 is 2.24 bits per heavy atom. The summed E-state index contributed by atoms with van der Waals surface area (Å²) in [5.74, 6) is 2.74. The van der Waals surface area contributed by atoms with Crippen LogP contribution >= 0.6 is 23.5 Å². The largest absolute Gasteiger partial charge is 0.489 e. The van der Waals surface area contributed by atoms with Crippen LogP contribution in [-0.4, -0.2) is 29.1 Å². The molecule has 2 aliphatic heterocycles. The molecule has 0 radical (unpaired) electrons. The molecule has 0 fully saturated rings. The molecule has 0 aromatic heterocycles. The molecule has 110 valence electrons. The zero-order valence-corrected chi connectivity index (χ0v) is 13.6. The van der Waals surface area contributed by atoms with Gasteiger partial charge >= 0.3 is 0 Å². The molecule has 3 nitrogen and oxygen atoms in total. The molecule has 0 unspecified atom stereocenters. The van der Waals surface area contributed by atoms with Crippen molar-refractivity contribution < 1.29 is 4.74 Å². The predicted molar refractivity (Wildman–Crippen MR) is 90.9 cm³/mol. The lowest BCUT2D eigenvalue weighted by Crippen LogP contribution is -2.32. The molecule has 0 spiro atoms. The molecule has 0 saturated carbocycles. The van der Waals surface area contributed by atoms with Gasteiger partial charge in [-0.25, -0.2) is 0 Å². The summed E-state index contributed by atoms with van der Waals surface area (Å²) in [6.45, 7) is 4.97. The van der Waals surface area contributed by atoms with Crippen LogP contribution in [0.15, 0.2) is 40.9 Å². The molecule has 1 aromatic rings. The molecule has 2 aliphatic rings. The van der Waals surface area contributed by atoms with Crippen LogP contribution in [0.25, 0.3) is 5.57 Å². The van der Waals surface area contributed by atoms with Gasteiger partial charge in [-0.1, -0.05) is 17.7 Å². The number of hydrogen-bond acceptors (Lipinski definition) is 4. The minimum atomic E-state index is 0.111. The van der Waals surface area contributed by atoms with Gasteiger partial charge in [-0.05, 0) is 55.6 Å². The van der Waals surface area contributed by atoms with Crippen molar-refractivity contribution >= 4 is 35.0 Å². The van der Waals surface area contributed by atoms with E-state index < -0.39 is 0 Å². The minimum absolute atomic E-state index is 0.111. The van der Waals surface area contributed by atoms with Crippen LogP contribution in [0.5, 0.6) is 5.75 Å². The zero-order valence-electron chi connectivity index (χ0n) is 12.0. The monoisotopic (exact) mass is 320 g/mol. The van der Waals surface area contributed by atoms with E-state index in [1.54, 1.807) is 11.9 Å². The predicted octanol–water partition coefficient (Wildman–Crippen LogP) is 4.40. The minimum Gasteiger partial charge on any atom is -0.489 e. The number of hydrogen-bond donors (Lipinski definition) is 0. The van der Waals surface area contributed by atoms with Crippen molar-refractivity contribution in [2.24, 2.45) is 4.40 Å². The fourth-order valence-corrected chi connectivity index (χ4v) is 3.23. The van der Waals surface area contributed by atoms with Crippen molar-refractivity contribution in [3.63, 3.8) is 0 Å². The van der Waals surface area contributed by atoms with E-state index in [1.165, 1.54) is 0 Å². The lowest BCUT2D eigenvalue weighted by Gasteiger charge is -2.29. The molecule has 5 heteroatoms. The van der Waals surface area contributed by atoms with Crippen molar-refractivity contribution in [1.29, 1.82) is 0 Å². The van der Waals surface area contributed by atoms with E-state index in [-0.39, 0.29) is 6.10 Å².